The molecule has 1 aliphatic carbocycles. The number of aromatic amines is 1. The quantitative estimate of drug-likeness (QED) is 0.692. The van der Waals surface area contributed by atoms with Crippen LogP contribution >= 0.6 is 0 Å². The number of piperidine rings is 1. The summed E-state index contributed by atoms with van der Waals surface area (Å²) in [6.07, 6.45) is 12.0. The van der Waals surface area contributed by atoms with Gasteiger partial charge in [0.25, 0.3) is 0 Å². The fourth-order valence-corrected chi connectivity index (χ4v) is 3.86. The SMILES string of the molecule is c1n[nH]c(CCCNC2CCCC2C2CCCCN2)n1. The van der Waals surface area contributed by atoms with E-state index in [1.54, 1.807) is 6.33 Å². The van der Waals surface area contributed by atoms with Gasteiger partial charge in [-0.05, 0) is 51.1 Å². The van der Waals surface area contributed by atoms with Gasteiger partial charge in [0.05, 0.1) is 0 Å². The van der Waals surface area contributed by atoms with Crippen molar-refractivity contribution in [2.24, 2.45) is 5.92 Å². The summed E-state index contributed by atoms with van der Waals surface area (Å²) in [6.45, 7) is 2.31. The fourth-order valence-electron chi connectivity index (χ4n) is 3.86. The Labute approximate surface area is 121 Å². The zero-order valence-electron chi connectivity index (χ0n) is 12.3. The minimum absolute atomic E-state index is 0.723. The lowest BCUT2D eigenvalue weighted by molar-refractivity contribution is 0.257. The van der Waals surface area contributed by atoms with Crippen molar-refractivity contribution in [1.29, 1.82) is 0 Å². The molecule has 2 heterocycles. The number of H-pyrrole nitrogens is 1. The third-order valence-electron chi connectivity index (χ3n) is 4.90. The van der Waals surface area contributed by atoms with Crippen molar-refractivity contribution in [3.8, 4) is 0 Å². The van der Waals surface area contributed by atoms with E-state index in [2.05, 4.69) is 25.8 Å². The van der Waals surface area contributed by atoms with Gasteiger partial charge in [-0.15, -0.1) is 0 Å². The van der Waals surface area contributed by atoms with Gasteiger partial charge in [0.2, 0.25) is 0 Å². The Morgan fingerprint density at radius 3 is 3.00 bits per heavy atom. The van der Waals surface area contributed by atoms with Crippen molar-refractivity contribution >= 4 is 0 Å². The van der Waals surface area contributed by atoms with Crippen molar-refractivity contribution in [3.63, 3.8) is 0 Å². The highest BCUT2D eigenvalue weighted by Crippen LogP contribution is 2.31. The third-order valence-corrected chi connectivity index (χ3v) is 4.90. The summed E-state index contributed by atoms with van der Waals surface area (Å²) >= 11 is 0. The van der Waals surface area contributed by atoms with Gasteiger partial charge < -0.3 is 10.6 Å². The minimum atomic E-state index is 0.723. The second-order valence-corrected chi connectivity index (χ2v) is 6.25. The maximum Gasteiger partial charge on any atom is 0.137 e. The van der Waals surface area contributed by atoms with Gasteiger partial charge in [0.1, 0.15) is 12.2 Å². The van der Waals surface area contributed by atoms with Crippen molar-refractivity contribution in [2.45, 2.75) is 63.5 Å². The highest BCUT2D eigenvalue weighted by atomic mass is 15.2. The van der Waals surface area contributed by atoms with Gasteiger partial charge in [-0.25, -0.2) is 4.98 Å². The van der Waals surface area contributed by atoms with E-state index in [1.807, 2.05) is 0 Å². The van der Waals surface area contributed by atoms with E-state index in [9.17, 15) is 0 Å². The maximum absolute atomic E-state index is 4.17. The predicted octanol–water partition coefficient (Wildman–Crippen LogP) is 1.64. The lowest BCUT2D eigenvalue weighted by atomic mass is 9.88. The summed E-state index contributed by atoms with van der Waals surface area (Å²) in [7, 11) is 0. The molecule has 1 aliphatic heterocycles. The second kappa shape index (κ2) is 7.18. The Morgan fingerprint density at radius 1 is 1.20 bits per heavy atom. The number of aryl methyl sites for hydroxylation is 1. The lowest BCUT2D eigenvalue weighted by Gasteiger charge is -2.33. The van der Waals surface area contributed by atoms with Gasteiger partial charge >= 0.3 is 0 Å². The van der Waals surface area contributed by atoms with Crippen LogP contribution in [0.4, 0.5) is 0 Å². The molecule has 3 N–H and O–H groups in total. The van der Waals surface area contributed by atoms with Crippen LogP contribution in [0.3, 0.4) is 0 Å². The van der Waals surface area contributed by atoms with Crippen LogP contribution < -0.4 is 10.6 Å². The summed E-state index contributed by atoms with van der Waals surface area (Å²) in [5.41, 5.74) is 0. The van der Waals surface area contributed by atoms with Crippen LogP contribution in [0.25, 0.3) is 0 Å². The smallest absolute Gasteiger partial charge is 0.137 e. The maximum atomic E-state index is 4.17. The number of hydrogen-bond acceptors (Lipinski definition) is 4. The molecule has 1 aromatic rings. The van der Waals surface area contributed by atoms with Crippen LogP contribution in [0.5, 0.6) is 0 Å². The molecular formula is C15H27N5. The molecule has 2 aliphatic rings. The highest BCUT2D eigenvalue weighted by molar-refractivity contribution is 4.92. The average molecular weight is 277 g/mol. The number of hydrogen-bond donors (Lipinski definition) is 3. The van der Waals surface area contributed by atoms with Gasteiger partial charge in [-0.3, -0.25) is 5.10 Å². The Kier molecular flexibility index (Phi) is 5.03. The molecule has 0 amide bonds. The minimum Gasteiger partial charge on any atom is -0.314 e. The van der Waals surface area contributed by atoms with Crippen LogP contribution in [0.1, 0.15) is 50.8 Å². The van der Waals surface area contributed by atoms with Crippen molar-refractivity contribution < 1.29 is 0 Å². The Balaban J connectivity index is 1.39. The molecule has 0 bridgehead atoms. The first kappa shape index (κ1) is 14.0. The van der Waals surface area contributed by atoms with Crippen LogP contribution in [-0.4, -0.2) is 40.4 Å². The van der Waals surface area contributed by atoms with Crippen LogP contribution in [0.15, 0.2) is 6.33 Å². The topological polar surface area (TPSA) is 65.6 Å². The molecule has 5 heteroatoms. The Morgan fingerprint density at radius 2 is 2.20 bits per heavy atom. The summed E-state index contributed by atoms with van der Waals surface area (Å²) in [6, 6.07) is 1.48. The normalized spacial score (nSPS) is 30.7. The van der Waals surface area contributed by atoms with E-state index in [4.69, 9.17) is 0 Å². The molecule has 1 saturated carbocycles. The molecule has 0 aromatic carbocycles. The predicted molar refractivity (Wildman–Crippen MR) is 79.5 cm³/mol. The van der Waals surface area contributed by atoms with E-state index < -0.39 is 0 Å². The Bertz CT molecular complexity index is 372. The third kappa shape index (κ3) is 3.58. The summed E-state index contributed by atoms with van der Waals surface area (Å²) in [4.78, 5) is 4.17. The van der Waals surface area contributed by atoms with Crippen molar-refractivity contribution in [1.82, 2.24) is 25.8 Å². The summed E-state index contributed by atoms with van der Waals surface area (Å²) < 4.78 is 0. The standard InChI is InChI=1S/C15H27N5/c1-2-9-16-13(6-1)12-5-3-7-14(12)17-10-4-8-15-18-11-19-20-15/h11-14,16-17H,1-10H2,(H,18,19,20). The van der Waals surface area contributed by atoms with Crippen LogP contribution in [-0.2, 0) is 6.42 Å². The molecule has 0 radical (unpaired) electrons. The van der Waals surface area contributed by atoms with Gasteiger partial charge in [-0.1, -0.05) is 12.8 Å². The van der Waals surface area contributed by atoms with E-state index >= 15 is 0 Å². The number of aromatic nitrogens is 3. The van der Waals surface area contributed by atoms with E-state index in [1.165, 1.54) is 45.1 Å². The van der Waals surface area contributed by atoms with E-state index in [0.717, 1.165) is 43.2 Å². The molecule has 1 aromatic heterocycles. The zero-order chi connectivity index (χ0) is 13.6. The van der Waals surface area contributed by atoms with E-state index in [-0.39, 0.29) is 0 Å². The largest absolute Gasteiger partial charge is 0.314 e. The lowest BCUT2D eigenvalue weighted by Crippen LogP contribution is -2.47. The van der Waals surface area contributed by atoms with Gasteiger partial charge in [0, 0.05) is 18.5 Å². The molecule has 3 unspecified atom stereocenters. The van der Waals surface area contributed by atoms with E-state index in [0.29, 0.717) is 0 Å². The van der Waals surface area contributed by atoms with Gasteiger partial charge in [0.15, 0.2) is 0 Å². The molecule has 3 rings (SSSR count). The van der Waals surface area contributed by atoms with Crippen molar-refractivity contribution in [3.05, 3.63) is 12.2 Å². The molecule has 112 valence electrons. The monoisotopic (exact) mass is 277 g/mol. The molecule has 0 spiro atoms. The first-order chi connectivity index (χ1) is 9.93. The molecule has 20 heavy (non-hydrogen) atoms. The Hall–Kier alpha value is -0.940. The number of rotatable bonds is 6. The summed E-state index contributed by atoms with van der Waals surface area (Å²) in [5, 5.41) is 14.3. The first-order valence-corrected chi connectivity index (χ1v) is 8.24. The highest BCUT2D eigenvalue weighted by Gasteiger charge is 2.33. The second-order valence-electron chi connectivity index (χ2n) is 6.25. The number of nitrogens with one attached hydrogen (secondary N) is 3. The zero-order valence-corrected chi connectivity index (χ0v) is 12.3. The molecule has 2 fully saturated rings. The molecule has 1 saturated heterocycles. The van der Waals surface area contributed by atoms with Crippen molar-refractivity contribution in [2.75, 3.05) is 13.1 Å². The van der Waals surface area contributed by atoms with Crippen LogP contribution in [0.2, 0.25) is 0 Å². The number of nitrogens with zero attached hydrogens (tertiary/aromatic N) is 2. The van der Waals surface area contributed by atoms with Crippen LogP contribution in [0, 0.1) is 5.92 Å². The first-order valence-electron chi connectivity index (χ1n) is 8.24. The molecular weight excluding hydrogens is 250 g/mol. The summed E-state index contributed by atoms with van der Waals surface area (Å²) in [5.74, 6) is 1.85. The fraction of sp³-hybridized carbons (Fsp3) is 0.867. The van der Waals surface area contributed by atoms with Gasteiger partial charge in [-0.2, -0.15) is 5.10 Å². The molecule has 3 atom stereocenters. The average Bonchev–Trinajstić information content (AvgIpc) is 3.16. The molecule has 5 nitrogen and oxygen atoms in total.